The molecule has 5 atom stereocenters. The van der Waals surface area contributed by atoms with Crippen LogP contribution in [0.15, 0.2) is 12.3 Å². The van der Waals surface area contributed by atoms with E-state index in [0.717, 1.165) is 11.0 Å². The lowest BCUT2D eigenvalue weighted by atomic mass is 10.1. The summed E-state index contributed by atoms with van der Waals surface area (Å²) in [4.78, 5) is 11.9. The van der Waals surface area contributed by atoms with E-state index in [1.165, 1.54) is 6.20 Å². The van der Waals surface area contributed by atoms with Gasteiger partial charge >= 0.3 is 0 Å². The van der Waals surface area contributed by atoms with E-state index in [-0.39, 0.29) is 0 Å². The second-order valence-corrected chi connectivity index (χ2v) is 3.83. The third-order valence-corrected chi connectivity index (χ3v) is 2.72. The molecular weight excluding hydrogens is 235 g/mol. The summed E-state index contributed by atoms with van der Waals surface area (Å²) in [5.74, 6) is -0.513. The van der Waals surface area contributed by atoms with Crippen molar-refractivity contribution in [1.29, 1.82) is 0 Å². The van der Waals surface area contributed by atoms with Gasteiger partial charge in [-0.3, -0.25) is 4.79 Å². The van der Waals surface area contributed by atoms with Crippen LogP contribution in [0.5, 0.6) is 0 Å². The van der Waals surface area contributed by atoms with Gasteiger partial charge in [-0.05, 0) is 0 Å². The fraction of sp³-hybridized carbons (Fsp3) is 0.667. The molecule has 0 saturated carbocycles. The highest BCUT2D eigenvalue weighted by atomic mass is 19.1. The number of carbonyl (C=O) groups excluding carboxylic acids is 1. The minimum atomic E-state index is -1.79. The first kappa shape index (κ1) is 12.2. The maximum absolute atomic E-state index is 13.7. The van der Waals surface area contributed by atoms with Crippen molar-refractivity contribution >= 4 is 5.91 Å². The van der Waals surface area contributed by atoms with Crippen LogP contribution in [0, 0.1) is 0 Å². The van der Waals surface area contributed by atoms with Crippen LogP contribution in [-0.2, 0) is 9.53 Å². The predicted molar refractivity (Wildman–Crippen MR) is 51.8 cm³/mol. The van der Waals surface area contributed by atoms with Crippen molar-refractivity contribution in [2.45, 2.75) is 31.0 Å². The Hall–Kier alpha value is -1.22. The van der Waals surface area contributed by atoms with E-state index < -0.39 is 43.5 Å². The van der Waals surface area contributed by atoms with Crippen molar-refractivity contribution in [2.75, 3.05) is 6.61 Å². The topological polar surface area (TPSA) is 102 Å². The number of aliphatic hydroxyl groups excluding tert-OH is 3. The first-order valence-corrected chi connectivity index (χ1v) is 5.07. The Balaban J connectivity index is 2.13. The average Bonchev–Trinajstić information content (AvgIpc) is 2.57. The van der Waals surface area contributed by atoms with Crippen LogP contribution in [0.4, 0.5) is 4.39 Å². The number of hydrogen-bond donors (Lipinski definition) is 4. The molecule has 0 aromatic carbocycles. The van der Waals surface area contributed by atoms with Gasteiger partial charge in [-0.1, -0.05) is 0 Å². The fourth-order valence-corrected chi connectivity index (χ4v) is 1.80. The summed E-state index contributed by atoms with van der Waals surface area (Å²) >= 11 is 0. The number of nitrogens with one attached hydrogen (secondary N) is 1. The van der Waals surface area contributed by atoms with Gasteiger partial charge in [-0.2, -0.15) is 0 Å². The van der Waals surface area contributed by atoms with Crippen LogP contribution in [0.3, 0.4) is 0 Å². The zero-order valence-electron chi connectivity index (χ0n) is 8.73. The molecule has 5 unspecified atom stereocenters. The third kappa shape index (κ3) is 2.12. The SMILES string of the molecule is O=C1C=CN(C2OC(CO)C(O)C2F)C(O)N1. The summed E-state index contributed by atoms with van der Waals surface area (Å²) in [6, 6.07) is 0. The number of amides is 1. The summed E-state index contributed by atoms with van der Waals surface area (Å²) in [6.45, 7) is -0.530. The zero-order chi connectivity index (χ0) is 12.6. The maximum Gasteiger partial charge on any atom is 0.248 e. The van der Waals surface area contributed by atoms with Gasteiger partial charge in [0.15, 0.2) is 12.4 Å². The van der Waals surface area contributed by atoms with Crippen LogP contribution in [-0.4, -0.2) is 63.7 Å². The number of ether oxygens (including phenoxy) is 1. The van der Waals surface area contributed by atoms with E-state index in [1.54, 1.807) is 0 Å². The normalized spacial score (nSPS) is 41.8. The molecule has 1 saturated heterocycles. The van der Waals surface area contributed by atoms with Gasteiger partial charge in [0.2, 0.25) is 12.3 Å². The second-order valence-electron chi connectivity index (χ2n) is 3.83. The summed E-state index contributed by atoms with van der Waals surface area (Å²) in [5.41, 5.74) is 0. The van der Waals surface area contributed by atoms with Crippen molar-refractivity contribution in [3.8, 4) is 0 Å². The molecule has 1 amide bonds. The number of hydrogen-bond acceptors (Lipinski definition) is 6. The van der Waals surface area contributed by atoms with Crippen molar-refractivity contribution < 1.29 is 29.2 Å². The number of nitrogens with zero attached hydrogens (tertiary/aromatic N) is 1. The minimum Gasteiger partial charge on any atom is -0.394 e. The maximum atomic E-state index is 13.7. The van der Waals surface area contributed by atoms with Crippen molar-refractivity contribution in [1.82, 2.24) is 10.2 Å². The Morgan fingerprint density at radius 3 is 2.76 bits per heavy atom. The highest BCUT2D eigenvalue weighted by molar-refractivity contribution is 5.88. The summed E-state index contributed by atoms with van der Waals surface area (Å²) in [7, 11) is 0. The highest BCUT2D eigenvalue weighted by Gasteiger charge is 2.47. The largest absolute Gasteiger partial charge is 0.394 e. The lowest BCUT2D eigenvalue weighted by Gasteiger charge is -2.34. The molecule has 0 radical (unpaired) electrons. The molecule has 0 aromatic heterocycles. The van der Waals surface area contributed by atoms with Crippen LogP contribution in [0.2, 0.25) is 0 Å². The van der Waals surface area contributed by atoms with Crippen molar-refractivity contribution in [3.05, 3.63) is 12.3 Å². The molecule has 0 aliphatic carbocycles. The second kappa shape index (κ2) is 4.57. The molecule has 2 aliphatic rings. The van der Waals surface area contributed by atoms with Crippen LogP contribution in [0.1, 0.15) is 0 Å². The molecule has 1 fully saturated rings. The number of halogens is 1. The smallest absolute Gasteiger partial charge is 0.248 e. The molecule has 2 heterocycles. The van der Waals surface area contributed by atoms with Crippen LogP contribution < -0.4 is 5.32 Å². The number of rotatable bonds is 2. The molecular formula is C9H13FN2O5. The molecule has 17 heavy (non-hydrogen) atoms. The third-order valence-electron chi connectivity index (χ3n) is 2.72. The van der Waals surface area contributed by atoms with E-state index >= 15 is 0 Å². The van der Waals surface area contributed by atoms with Gasteiger partial charge in [0, 0.05) is 12.3 Å². The minimum absolute atomic E-state index is 0.513. The molecule has 7 nitrogen and oxygen atoms in total. The first-order valence-electron chi connectivity index (χ1n) is 5.07. The Kier molecular flexibility index (Phi) is 3.29. The molecule has 96 valence electrons. The Labute approximate surface area is 96.1 Å². The van der Waals surface area contributed by atoms with Crippen molar-refractivity contribution in [2.24, 2.45) is 0 Å². The van der Waals surface area contributed by atoms with Crippen LogP contribution in [0.25, 0.3) is 0 Å². The van der Waals surface area contributed by atoms with Gasteiger partial charge in [0.05, 0.1) is 6.61 Å². The molecule has 0 aromatic rings. The average molecular weight is 248 g/mol. The summed E-state index contributed by atoms with van der Waals surface area (Å²) in [6.07, 6.45) is -4.72. The number of carbonyl (C=O) groups is 1. The van der Waals surface area contributed by atoms with Gasteiger partial charge in [0.25, 0.3) is 0 Å². The van der Waals surface area contributed by atoms with Gasteiger partial charge in [-0.15, -0.1) is 0 Å². The highest BCUT2D eigenvalue weighted by Crippen LogP contribution is 2.28. The lowest BCUT2D eigenvalue weighted by Crippen LogP contribution is -2.54. The van der Waals surface area contributed by atoms with E-state index in [1.807, 2.05) is 0 Å². The fourth-order valence-electron chi connectivity index (χ4n) is 1.80. The Morgan fingerprint density at radius 2 is 2.24 bits per heavy atom. The molecule has 2 rings (SSSR count). The standard InChI is InChI=1S/C9H13FN2O5/c10-6-7(15)4(3-13)17-8(6)12-2-1-5(14)11-9(12)16/h1-2,4,6-9,13,15-16H,3H2,(H,11,14). The number of aliphatic hydroxyl groups is 3. The van der Waals surface area contributed by atoms with E-state index in [2.05, 4.69) is 5.32 Å². The monoisotopic (exact) mass is 248 g/mol. The Morgan fingerprint density at radius 1 is 1.53 bits per heavy atom. The summed E-state index contributed by atoms with van der Waals surface area (Å²) in [5, 5.41) is 29.9. The lowest BCUT2D eigenvalue weighted by molar-refractivity contribution is -0.147. The molecule has 2 aliphatic heterocycles. The van der Waals surface area contributed by atoms with Crippen molar-refractivity contribution in [3.63, 3.8) is 0 Å². The van der Waals surface area contributed by atoms with Gasteiger partial charge in [-0.25, -0.2) is 4.39 Å². The molecule has 0 spiro atoms. The van der Waals surface area contributed by atoms with E-state index in [9.17, 15) is 19.4 Å². The number of alkyl halides is 1. The first-order chi connectivity index (χ1) is 8.04. The van der Waals surface area contributed by atoms with Crippen LogP contribution >= 0.6 is 0 Å². The quantitative estimate of drug-likeness (QED) is 0.435. The molecule has 8 heteroatoms. The predicted octanol–water partition coefficient (Wildman–Crippen LogP) is -2.38. The zero-order valence-corrected chi connectivity index (χ0v) is 8.73. The van der Waals surface area contributed by atoms with E-state index in [0.29, 0.717) is 0 Å². The molecule has 4 N–H and O–H groups in total. The molecule has 0 bridgehead atoms. The summed E-state index contributed by atoms with van der Waals surface area (Å²) < 4.78 is 18.8. The van der Waals surface area contributed by atoms with Gasteiger partial charge < -0.3 is 30.3 Å². The van der Waals surface area contributed by atoms with E-state index in [4.69, 9.17) is 9.84 Å². The Bertz CT molecular complexity index is 339. The van der Waals surface area contributed by atoms with Gasteiger partial charge in [0.1, 0.15) is 12.2 Å².